The van der Waals surface area contributed by atoms with Gasteiger partial charge in [0.25, 0.3) is 0 Å². The Morgan fingerprint density at radius 1 is 1.00 bits per heavy atom. The maximum Gasteiger partial charge on any atom is 0.366 e. The molecule has 162 valence electrons. The molecule has 0 saturated heterocycles. The lowest BCUT2D eigenvalue weighted by atomic mass is 10.0. The van der Waals surface area contributed by atoms with Gasteiger partial charge in [0.15, 0.2) is 19.6 Å². The van der Waals surface area contributed by atoms with Crippen molar-refractivity contribution in [1.29, 1.82) is 0 Å². The maximum absolute atomic E-state index is 12.2. The summed E-state index contributed by atoms with van der Waals surface area (Å²) in [6.45, 7) is -2.78. The van der Waals surface area contributed by atoms with Crippen LogP contribution in [-0.4, -0.2) is 79.1 Å². The number of benzene rings is 1. The fraction of sp³-hybridized carbons (Fsp3) is 0.389. The van der Waals surface area contributed by atoms with Gasteiger partial charge in [0.1, 0.15) is 0 Å². The van der Waals surface area contributed by atoms with Crippen LogP contribution in [0.5, 0.6) is 0 Å². The standard InChI is InChI=1S/C18H18N2O8S.H3N/c21-14(22)7-20(8-15(23)24,9-16(25)26)18(17(27)28)6-12(18)5-11-1-3-13(4-2-11)19-10-29;/h1-4,12H,5-9H2,(H3-,21,22,23,24,25,26,27,28);1H3/p+1. The number of aliphatic carboxylic acids is 4. The molecular weight excluding hydrogens is 418 g/mol. The molecular formula is C18H22N3O8S+. The van der Waals surface area contributed by atoms with E-state index in [4.69, 9.17) is 0 Å². The molecule has 0 aromatic heterocycles. The smallest absolute Gasteiger partial charge is 0.366 e. The van der Waals surface area contributed by atoms with E-state index in [0.29, 0.717) is 5.69 Å². The third-order valence-corrected chi connectivity index (χ3v) is 5.29. The monoisotopic (exact) mass is 440 g/mol. The highest BCUT2D eigenvalue weighted by Crippen LogP contribution is 2.54. The minimum Gasteiger partial charge on any atom is -0.477 e. The number of thiocarbonyl (C=S) groups is 1. The summed E-state index contributed by atoms with van der Waals surface area (Å²) in [6.07, 6.45) is 0.183. The summed E-state index contributed by atoms with van der Waals surface area (Å²) in [6, 6.07) is 6.67. The Balaban J connectivity index is 0.00000450. The van der Waals surface area contributed by atoms with Crippen molar-refractivity contribution in [2.75, 3.05) is 19.6 Å². The largest absolute Gasteiger partial charge is 0.477 e. The zero-order valence-corrected chi connectivity index (χ0v) is 16.7. The quantitative estimate of drug-likeness (QED) is 0.188. The van der Waals surface area contributed by atoms with Crippen LogP contribution in [0.25, 0.3) is 0 Å². The number of rotatable bonds is 11. The van der Waals surface area contributed by atoms with E-state index in [1.807, 2.05) is 0 Å². The predicted octanol–water partition coefficient (Wildman–Crippen LogP) is 1.04. The number of hydrogen-bond donors (Lipinski definition) is 5. The lowest BCUT2D eigenvalue weighted by Gasteiger charge is -2.40. The molecule has 0 spiro atoms. The lowest BCUT2D eigenvalue weighted by molar-refractivity contribution is -0.935. The van der Waals surface area contributed by atoms with Gasteiger partial charge in [0.05, 0.1) is 10.8 Å². The van der Waals surface area contributed by atoms with Gasteiger partial charge < -0.3 is 26.6 Å². The molecule has 0 aliphatic heterocycles. The second kappa shape index (κ2) is 9.55. The highest BCUT2D eigenvalue weighted by molar-refractivity contribution is 7.78. The topological polar surface area (TPSA) is 197 Å². The SMILES string of the molecule is N.O=C(O)C[N+](CC(=O)O)(CC(=O)O)C1(C(=O)O)CC1Cc1ccc(N=C=S)cc1. The van der Waals surface area contributed by atoms with Gasteiger partial charge in [-0.1, -0.05) is 12.1 Å². The molecule has 2 atom stereocenters. The summed E-state index contributed by atoms with van der Waals surface area (Å²) in [5, 5.41) is 40.0. The highest BCUT2D eigenvalue weighted by atomic mass is 32.1. The summed E-state index contributed by atoms with van der Waals surface area (Å²) in [7, 11) is 0. The molecule has 0 radical (unpaired) electrons. The summed E-state index contributed by atoms with van der Waals surface area (Å²) in [4.78, 5) is 50.3. The Morgan fingerprint density at radius 3 is 1.83 bits per heavy atom. The molecule has 0 heterocycles. The van der Waals surface area contributed by atoms with Gasteiger partial charge in [-0.25, -0.2) is 19.2 Å². The average molecular weight is 440 g/mol. The van der Waals surface area contributed by atoms with Crippen LogP contribution >= 0.6 is 12.2 Å². The molecule has 12 heteroatoms. The van der Waals surface area contributed by atoms with Crippen LogP contribution in [0.4, 0.5) is 5.69 Å². The van der Waals surface area contributed by atoms with Gasteiger partial charge in [0, 0.05) is 12.3 Å². The van der Waals surface area contributed by atoms with E-state index >= 15 is 0 Å². The molecule has 2 rings (SSSR count). The average Bonchev–Trinajstić information content (AvgIpc) is 3.31. The highest BCUT2D eigenvalue weighted by Gasteiger charge is 2.74. The van der Waals surface area contributed by atoms with Crippen molar-refractivity contribution in [2.24, 2.45) is 10.9 Å². The summed E-state index contributed by atoms with van der Waals surface area (Å²) < 4.78 is -1.10. The number of aliphatic imine (C=N–C) groups is 1. The van der Waals surface area contributed by atoms with E-state index in [2.05, 4.69) is 22.4 Å². The third kappa shape index (κ3) is 5.05. The number of hydrogen-bond acceptors (Lipinski definition) is 7. The summed E-state index contributed by atoms with van der Waals surface area (Å²) in [5.41, 5.74) is -0.544. The molecule has 1 saturated carbocycles. The third-order valence-electron chi connectivity index (χ3n) is 5.20. The van der Waals surface area contributed by atoms with Gasteiger partial charge in [-0.3, -0.25) is 4.48 Å². The van der Waals surface area contributed by atoms with E-state index < -0.39 is 59.5 Å². The van der Waals surface area contributed by atoms with Crippen molar-refractivity contribution >= 4 is 46.9 Å². The fourth-order valence-electron chi connectivity index (χ4n) is 4.01. The maximum atomic E-state index is 12.2. The molecule has 0 bridgehead atoms. The van der Waals surface area contributed by atoms with Crippen molar-refractivity contribution in [2.45, 2.75) is 18.4 Å². The van der Waals surface area contributed by atoms with E-state index in [0.717, 1.165) is 5.56 Å². The molecule has 1 aromatic carbocycles. The van der Waals surface area contributed by atoms with Crippen LogP contribution in [0.1, 0.15) is 12.0 Å². The molecule has 0 amide bonds. The van der Waals surface area contributed by atoms with E-state index in [9.17, 15) is 39.6 Å². The zero-order valence-electron chi connectivity index (χ0n) is 15.9. The van der Waals surface area contributed by atoms with Gasteiger partial charge in [0.2, 0.25) is 5.54 Å². The van der Waals surface area contributed by atoms with Crippen molar-refractivity contribution in [1.82, 2.24) is 6.15 Å². The zero-order chi connectivity index (χ0) is 21.8. The Bertz CT molecular complexity index is 856. The van der Waals surface area contributed by atoms with Crippen LogP contribution in [0, 0.1) is 5.92 Å². The minimum absolute atomic E-state index is 0. The Labute approximate surface area is 176 Å². The number of carboxylic acids is 4. The molecule has 1 aliphatic rings. The van der Waals surface area contributed by atoms with Gasteiger partial charge in [-0.2, -0.15) is 4.99 Å². The first kappa shape index (κ1) is 24.9. The first-order valence-corrected chi connectivity index (χ1v) is 8.89. The van der Waals surface area contributed by atoms with Crippen LogP contribution in [0.15, 0.2) is 29.3 Å². The molecule has 1 aromatic rings. The molecule has 1 aliphatic carbocycles. The number of carbonyl (C=O) groups is 4. The molecule has 30 heavy (non-hydrogen) atoms. The first-order chi connectivity index (χ1) is 13.6. The van der Waals surface area contributed by atoms with E-state index in [1.54, 1.807) is 24.3 Å². The fourth-order valence-corrected chi connectivity index (χ4v) is 4.12. The molecule has 7 N–H and O–H groups in total. The molecule has 1 fully saturated rings. The van der Waals surface area contributed by atoms with Crippen molar-refractivity contribution in [3.05, 3.63) is 29.8 Å². The minimum atomic E-state index is -1.82. The van der Waals surface area contributed by atoms with Crippen LogP contribution in [-0.2, 0) is 25.6 Å². The number of isothiocyanates is 1. The van der Waals surface area contributed by atoms with Gasteiger partial charge >= 0.3 is 23.9 Å². The number of carboxylic acid groups (broad SMARTS) is 4. The number of quaternary nitrogens is 1. The van der Waals surface area contributed by atoms with E-state index in [-0.39, 0.29) is 19.0 Å². The Kier molecular flexibility index (Phi) is 7.91. The van der Waals surface area contributed by atoms with Crippen LogP contribution in [0.3, 0.4) is 0 Å². The van der Waals surface area contributed by atoms with Gasteiger partial charge in [-0.15, -0.1) is 0 Å². The summed E-state index contributed by atoms with van der Waals surface area (Å²) >= 11 is 4.52. The summed E-state index contributed by atoms with van der Waals surface area (Å²) in [5.74, 6) is -6.45. The normalized spacial score (nSPS) is 19.7. The second-order valence-electron chi connectivity index (χ2n) is 7.00. The molecule has 2 unspecified atom stereocenters. The van der Waals surface area contributed by atoms with Crippen molar-refractivity contribution < 1.29 is 44.1 Å². The van der Waals surface area contributed by atoms with Gasteiger partial charge in [-0.05, 0) is 36.3 Å². The lowest BCUT2D eigenvalue weighted by Crippen LogP contribution is -2.67. The first-order valence-electron chi connectivity index (χ1n) is 8.48. The van der Waals surface area contributed by atoms with Crippen LogP contribution in [0.2, 0.25) is 0 Å². The molecule has 11 nitrogen and oxygen atoms in total. The Morgan fingerprint density at radius 2 is 1.47 bits per heavy atom. The predicted molar refractivity (Wildman–Crippen MR) is 106 cm³/mol. The second-order valence-corrected chi connectivity index (χ2v) is 7.19. The Hall–Kier alpha value is -3.18. The van der Waals surface area contributed by atoms with E-state index in [1.165, 1.54) is 0 Å². The van der Waals surface area contributed by atoms with Crippen LogP contribution < -0.4 is 6.15 Å². The van der Waals surface area contributed by atoms with Crippen molar-refractivity contribution in [3.8, 4) is 0 Å². The van der Waals surface area contributed by atoms with Crippen molar-refractivity contribution in [3.63, 3.8) is 0 Å². The number of nitrogens with zero attached hydrogens (tertiary/aromatic N) is 2.